The molecule has 0 unspecified atom stereocenters. The van der Waals surface area contributed by atoms with Crippen molar-refractivity contribution in [1.29, 1.82) is 0 Å². The largest absolute Gasteiger partial charge is 0.433 e. The van der Waals surface area contributed by atoms with Crippen LogP contribution in [0.4, 0.5) is 13.2 Å². The van der Waals surface area contributed by atoms with E-state index in [4.69, 9.17) is 0 Å². The van der Waals surface area contributed by atoms with Crippen LogP contribution in [-0.4, -0.2) is 19.7 Å². The predicted molar refractivity (Wildman–Crippen MR) is 87.1 cm³/mol. The molecule has 0 saturated heterocycles. The first-order chi connectivity index (χ1) is 12.0. The first-order valence-electron chi connectivity index (χ1n) is 7.46. The van der Waals surface area contributed by atoms with Crippen LogP contribution in [-0.2, 0) is 6.18 Å². The highest BCUT2D eigenvalue weighted by molar-refractivity contribution is 5.85. The highest BCUT2D eigenvalue weighted by atomic mass is 19.4. The van der Waals surface area contributed by atoms with Crippen LogP contribution in [0.15, 0.2) is 67.1 Å². The zero-order valence-corrected chi connectivity index (χ0v) is 12.8. The van der Waals surface area contributed by atoms with Crippen LogP contribution in [0.5, 0.6) is 0 Å². The molecule has 0 saturated carbocycles. The monoisotopic (exact) mass is 340 g/mol. The number of pyridine rings is 2. The Morgan fingerprint density at radius 2 is 1.68 bits per heavy atom. The summed E-state index contributed by atoms with van der Waals surface area (Å²) in [6.45, 7) is 0. The lowest BCUT2D eigenvalue weighted by molar-refractivity contribution is -0.140. The molecule has 0 spiro atoms. The van der Waals surface area contributed by atoms with Gasteiger partial charge in [0.05, 0.1) is 11.7 Å². The van der Waals surface area contributed by atoms with E-state index in [1.54, 1.807) is 17.1 Å². The predicted octanol–water partition coefficient (Wildman–Crippen LogP) is 4.50. The molecule has 4 aromatic rings. The van der Waals surface area contributed by atoms with Crippen LogP contribution in [0, 0.1) is 0 Å². The number of aromatic nitrogens is 4. The number of benzene rings is 1. The third kappa shape index (κ3) is 2.84. The van der Waals surface area contributed by atoms with Crippen molar-refractivity contribution in [2.75, 3.05) is 0 Å². The minimum absolute atomic E-state index is 0.219. The van der Waals surface area contributed by atoms with E-state index in [9.17, 15) is 13.2 Å². The Bertz CT molecular complexity index is 1040. The first-order valence-corrected chi connectivity index (χ1v) is 7.46. The van der Waals surface area contributed by atoms with Gasteiger partial charge >= 0.3 is 6.18 Å². The minimum Gasteiger partial charge on any atom is -0.243 e. The smallest absolute Gasteiger partial charge is 0.243 e. The van der Waals surface area contributed by atoms with Crippen molar-refractivity contribution in [2.24, 2.45) is 0 Å². The lowest BCUT2D eigenvalue weighted by Crippen LogP contribution is -2.08. The molecule has 0 aliphatic carbocycles. The molecule has 0 amide bonds. The van der Waals surface area contributed by atoms with Crippen molar-refractivity contribution in [3.05, 3.63) is 72.8 Å². The second kappa shape index (κ2) is 5.70. The van der Waals surface area contributed by atoms with Crippen LogP contribution in [0.25, 0.3) is 27.8 Å². The highest BCUT2D eigenvalue weighted by Crippen LogP contribution is 2.30. The van der Waals surface area contributed by atoms with E-state index in [1.807, 2.05) is 30.3 Å². The van der Waals surface area contributed by atoms with Crippen molar-refractivity contribution in [2.45, 2.75) is 6.18 Å². The Morgan fingerprint density at radius 3 is 2.44 bits per heavy atom. The van der Waals surface area contributed by atoms with Gasteiger partial charge in [-0.15, -0.1) is 0 Å². The molecule has 25 heavy (non-hydrogen) atoms. The summed E-state index contributed by atoms with van der Waals surface area (Å²) < 4.78 is 40.0. The van der Waals surface area contributed by atoms with Gasteiger partial charge in [0.15, 0.2) is 5.82 Å². The molecule has 0 bridgehead atoms. The van der Waals surface area contributed by atoms with Crippen LogP contribution in [0.1, 0.15) is 5.69 Å². The van der Waals surface area contributed by atoms with Crippen LogP contribution >= 0.6 is 0 Å². The number of alkyl halides is 3. The highest BCUT2D eigenvalue weighted by Gasteiger charge is 2.32. The van der Waals surface area contributed by atoms with Gasteiger partial charge in [0, 0.05) is 23.3 Å². The number of hydrogen-bond acceptors (Lipinski definition) is 3. The average Bonchev–Trinajstić information content (AvgIpc) is 3.10. The van der Waals surface area contributed by atoms with Gasteiger partial charge in [0.2, 0.25) is 0 Å². The Hall–Kier alpha value is -3.22. The summed E-state index contributed by atoms with van der Waals surface area (Å²) in [5, 5.41) is 4.79. The van der Waals surface area contributed by atoms with E-state index in [0.29, 0.717) is 11.2 Å². The molecule has 3 aromatic heterocycles. The van der Waals surface area contributed by atoms with E-state index in [0.717, 1.165) is 17.2 Å². The summed E-state index contributed by atoms with van der Waals surface area (Å²) in [7, 11) is 0. The third-order valence-electron chi connectivity index (χ3n) is 3.79. The summed E-state index contributed by atoms with van der Waals surface area (Å²) in [5.74, 6) is 0.431. The number of nitrogens with zero attached hydrogens (tertiary/aromatic N) is 4. The normalized spacial score (nSPS) is 11.8. The average molecular weight is 340 g/mol. The maximum absolute atomic E-state index is 12.8. The van der Waals surface area contributed by atoms with Gasteiger partial charge in [-0.25, -0.2) is 14.6 Å². The lowest BCUT2D eigenvalue weighted by atomic mass is 10.1. The van der Waals surface area contributed by atoms with E-state index in [2.05, 4.69) is 15.1 Å². The molecule has 0 N–H and O–H groups in total. The fourth-order valence-corrected chi connectivity index (χ4v) is 2.60. The van der Waals surface area contributed by atoms with Crippen molar-refractivity contribution >= 4 is 10.9 Å². The summed E-state index contributed by atoms with van der Waals surface area (Å²) >= 11 is 0. The Labute approximate surface area is 140 Å². The van der Waals surface area contributed by atoms with E-state index < -0.39 is 11.9 Å². The molecule has 7 heteroatoms. The topological polar surface area (TPSA) is 43.6 Å². The van der Waals surface area contributed by atoms with Gasteiger partial charge in [-0.3, -0.25) is 0 Å². The summed E-state index contributed by atoms with van der Waals surface area (Å²) in [4.78, 5) is 7.95. The van der Waals surface area contributed by atoms with Gasteiger partial charge < -0.3 is 0 Å². The second-order valence-electron chi connectivity index (χ2n) is 5.44. The molecular formula is C18H11F3N4. The van der Waals surface area contributed by atoms with E-state index >= 15 is 0 Å². The third-order valence-corrected chi connectivity index (χ3v) is 3.79. The second-order valence-corrected chi connectivity index (χ2v) is 5.44. The molecule has 124 valence electrons. The van der Waals surface area contributed by atoms with Crippen molar-refractivity contribution in [1.82, 2.24) is 19.7 Å². The van der Waals surface area contributed by atoms with Crippen molar-refractivity contribution in [3.8, 4) is 16.9 Å². The molecule has 3 heterocycles. The molecule has 4 rings (SSSR count). The van der Waals surface area contributed by atoms with Gasteiger partial charge in [0.1, 0.15) is 5.69 Å². The minimum atomic E-state index is -4.48. The molecule has 0 aliphatic heterocycles. The SMILES string of the molecule is FC(F)(F)c1ccc2c(-n3cc(-c4ccccc4)cn3)nccc2n1. The molecule has 0 fully saturated rings. The Balaban J connectivity index is 1.81. The van der Waals surface area contributed by atoms with Crippen molar-refractivity contribution < 1.29 is 13.2 Å². The Kier molecular flexibility index (Phi) is 3.49. The first kappa shape index (κ1) is 15.3. The summed E-state index contributed by atoms with van der Waals surface area (Å²) in [6, 6.07) is 13.5. The zero-order valence-electron chi connectivity index (χ0n) is 12.8. The van der Waals surface area contributed by atoms with Gasteiger partial charge in [-0.05, 0) is 23.8 Å². The maximum Gasteiger partial charge on any atom is 0.433 e. The van der Waals surface area contributed by atoms with E-state index in [-0.39, 0.29) is 5.52 Å². The van der Waals surface area contributed by atoms with Crippen LogP contribution in [0.3, 0.4) is 0 Å². The Morgan fingerprint density at radius 1 is 0.880 bits per heavy atom. The number of rotatable bonds is 2. The van der Waals surface area contributed by atoms with Crippen molar-refractivity contribution in [3.63, 3.8) is 0 Å². The molecule has 0 radical (unpaired) electrons. The fourth-order valence-electron chi connectivity index (χ4n) is 2.60. The molecule has 1 aromatic carbocycles. The number of hydrogen-bond donors (Lipinski definition) is 0. The molecule has 4 nitrogen and oxygen atoms in total. The number of fused-ring (bicyclic) bond motifs is 1. The quantitative estimate of drug-likeness (QED) is 0.540. The summed E-state index contributed by atoms with van der Waals surface area (Å²) in [5.41, 5.74) is 1.17. The van der Waals surface area contributed by atoms with E-state index in [1.165, 1.54) is 18.3 Å². The zero-order chi connectivity index (χ0) is 17.4. The van der Waals surface area contributed by atoms with Gasteiger partial charge in [-0.2, -0.15) is 18.3 Å². The summed E-state index contributed by atoms with van der Waals surface area (Å²) in [6.07, 6.45) is 0.417. The number of halogens is 3. The van der Waals surface area contributed by atoms with Gasteiger partial charge in [-0.1, -0.05) is 30.3 Å². The van der Waals surface area contributed by atoms with Crippen LogP contribution in [0.2, 0.25) is 0 Å². The standard InChI is InChI=1S/C18H11F3N4/c19-18(20,21)16-7-6-14-15(24-16)8-9-22-17(14)25-11-13(10-23-25)12-4-2-1-3-5-12/h1-11H. The van der Waals surface area contributed by atoms with Crippen LogP contribution < -0.4 is 0 Å². The maximum atomic E-state index is 12.8. The fraction of sp³-hybridized carbons (Fsp3) is 0.0556. The molecule has 0 aliphatic rings. The molecular weight excluding hydrogens is 329 g/mol. The lowest BCUT2D eigenvalue weighted by Gasteiger charge is -2.09. The van der Waals surface area contributed by atoms with Gasteiger partial charge in [0.25, 0.3) is 0 Å². The molecule has 0 atom stereocenters.